The van der Waals surface area contributed by atoms with Gasteiger partial charge in [-0.1, -0.05) is 28.4 Å². The van der Waals surface area contributed by atoms with Crippen molar-refractivity contribution >= 4 is 24.0 Å². The molecule has 0 fully saturated rings. The lowest BCUT2D eigenvalue weighted by molar-refractivity contribution is 0.157. The van der Waals surface area contributed by atoms with Crippen LogP contribution < -0.4 is 5.30 Å². The molecular formula is C12H18ClOP. The molecule has 0 saturated heterocycles. The summed E-state index contributed by atoms with van der Waals surface area (Å²) < 4.78 is 5.76. The minimum Gasteiger partial charge on any atom is -0.334 e. The molecule has 0 spiro atoms. The summed E-state index contributed by atoms with van der Waals surface area (Å²) in [6, 6.07) is 6.33. The lowest BCUT2D eigenvalue weighted by atomic mass is 10.2. The summed E-state index contributed by atoms with van der Waals surface area (Å²) in [7, 11) is -1.02. The van der Waals surface area contributed by atoms with Gasteiger partial charge in [0, 0.05) is 5.30 Å². The smallest absolute Gasteiger partial charge is 0.157 e. The van der Waals surface area contributed by atoms with Gasteiger partial charge in [-0.2, -0.15) is 0 Å². The summed E-state index contributed by atoms with van der Waals surface area (Å²) in [6.07, 6.45) is 0. The molecule has 84 valence electrons. The van der Waals surface area contributed by atoms with E-state index in [1.165, 1.54) is 11.1 Å². The fourth-order valence-electron chi connectivity index (χ4n) is 1.35. The molecule has 0 aromatic heterocycles. The molecule has 3 heteroatoms. The Morgan fingerprint density at radius 1 is 1.07 bits per heavy atom. The highest BCUT2D eigenvalue weighted by Crippen LogP contribution is 2.45. The predicted octanol–water partition coefficient (Wildman–Crippen LogP) is 4.29. The average Bonchev–Trinajstić information content (AvgIpc) is 1.98. The number of rotatable bonds is 2. The van der Waals surface area contributed by atoms with Crippen molar-refractivity contribution in [3.05, 3.63) is 29.3 Å². The topological polar surface area (TPSA) is 9.23 Å². The molecule has 0 N–H and O–H groups in total. The largest absolute Gasteiger partial charge is 0.334 e. The standard InChI is InChI=1S/C12H18ClOP/c1-9-6-10(2)8-11(7-9)15(13)14-12(3,4)5/h6-8H,1-5H3. The van der Waals surface area contributed by atoms with Gasteiger partial charge in [0.1, 0.15) is 0 Å². The summed E-state index contributed by atoms with van der Waals surface area (Å²) in [6.45, 7) is 10.2. The second-order valence-corrected chi connectivity index (χ2v) is 6.90. The van der Waals surface area contributed by atoms with Crippen LogP contribution in [-0.2, 0) is 4.52 Å². The molecule has 15 heavy (non-hydrogen) atoms. The van der Waals surface area contributed by atoms with Crippen molar-refractivity contribution in [3.8, 4) is 0 Å². The van der Waals surface area contributed by atoms with Gasteiger partial charge in [-0.25, -0.2) is 0 Å². The van der Waals surface area contributed by atoms with E-state index in [0.29, 0.717) is 0 Å². The van der Waals surface area contributed by atoms with Gasteiger partial charge in [-0.05, 0) is 46.8 Å². The van der Waals surface area contributed by atoms with Gasteiger partial charge in [0.2, 0.25) is 0 Å². The first-order valence-corrected chi connectivity index (χ1v) is 7.18. The van der Waals surface area contributed by atoms with Crippen LogP contribution in [0.5, 0.6) is 0 Å². The molecule has 0 aliphatic carbocycles. The van der Waals surface area contributed by atoms with Crippen molar-refractivity contribution in [1.82, 2.24) is 0 Å². The Labute approximate surface area is 98.4 Å². The normalized spacial score (nSPS) is 14.0. The first kappa shape index (κ1) is 13.0. The first-order chi connectivity index (χ1) is 6.78. The molecular weight excluding hydrogens is 227 g/mol. The monoisotopic (exact) mass is 244 g/mol. The van der Waals surface area contributed by atoms with E-state index in [0.717, 1.165) is 5.30 Å². The minimum absolute atomic E-state index is 0.189. The molecule has 0 radical (unpaired) electrons. The highest BCUT2D eigenvalue weighted by molar-refractivity contribution is 7.86. The Morgan fingerprint density at radius 2 is 1.53 bits per heavy atom. The molecule has 1 nitrogen and oxygen atoms in total. The molecule has 0 bridgehead atoms. The van der Waals surface area contributed by atoms with Crippen molar-refractivity contribution in [1.29, 1.82) is 0 Å². The predicted molar refractivity (Wildman–Crippen MR) is 69.2 cm³/mol. The van der Waals surface area contributed by atoms with E-state index in [9.17, 15) is 0 Å². The van der Waals surface area contributed by atoms with Gasteiger partial charge in [0.05, 0.1) is 5.60 Å². The Morgan fingerprint density at radius 3 is 1.93 bits per heavy atom. The van der Waals surface area contributed by atoms with Crippen LogP contribution in [0.25, 0.3) is 0 Å². The van der Waals surface area contributed by atoms with E-state index in [-0.39, 0.29) is 5.60 Å². The van der Waals surface area contributed by atoms with Crippen LogP contribution in [0.2, 0.25) is 0 Å². The van der Waals surface area contributed by atoms with Gasteiger partial charge >= 0.3 is 0 Å². The second kappa shape index (κ2) is 4.82. The molecule has 0 amide bonds. The van der Waals surface area contributed by atoms with Crippen LogP contribution in [0.15, 0.2) is 18.2 Å². The molecule has 0 aliphatic rings. The summed E-state index contributed by atoms with van der Waals surface area (Å²) in [4.78, 5) is 0. The van der Waals surface area contributed by atoms with Crippen LogP contribution >= 0.6 is 18.7 Å². The van der Waals surface area contributed by atoms with Crippen LogP contribution in [0.3, 0.4) is 0 Å². The number of halogens is 1. The Hall–Kier alpha value is -0.100. The molecule has 1 rings (SSSR count). The van der Waals surface area contributed by atoms with E-state index >= 15 is 0 Å². The van der Waals surface area contributed by atoms with Crippen molar-refractivity contribution in [2.24, 2.45) is 0 Å². The van der Waals surface area contributed by atoms with Gasteiger partial charge in [-0.3, -0.25) is 0 Å². The molecule has 0 aliphatic heterocycles. The fourth-order valence-corrected chi connectivity index (χ4v) is 3.46. The second-order valence-electron chi connectivity index (χ2n) is 4.79. The number of hydrogen-bond donors (Lipinski definition) is 0. The van der Waals surface area contributed by atoms with Crippen molar-refractivity contribution in [2.75, 3.05) is 0 Å². The molecule has 1 aromatic carbocycles. The highest BCUT2D eigenvalue weighted by atomic mass is 35.7. The summed E-state index contributed by atoms with van der Waals surface area (Å²) in [5.41, 5.74) is 2.27. The van der Waals surface area contributed by atoms with E-state index in [1.807, 2.05) is 20.8 Å². The lowest BCUT2D eigenvalue weighted by Gasteiger charge is -2.23. The van der Waals surface area contributed by atoms with Crippen LogP contribution in [0.1, 0.15) is 31.9 Å². The van der Waals surface area contributed by atoms with E-state index in [2.05, 4.69) is 32.0 Å². The SMILES string of the molecule is Cc1cc(C)cc(P(Cl)OC(C)(C)C)c1. The van der Waals surface area contributed by atoms with E-state index in [4.69, 9.17) is 15.8 Å². The maximum atomic E-state index is 6.28. The maximum Gasteiger partial charge on any atom is 0.157 e. The number of aryl methyl sites for hydroxylation is 2. The number of hydrogen-bond acceptors (Lipinski definition) is 1. The maximum absolute atomic E-state index is 6.28. The first-order valence-electron chi connectivity index (χ1n) is 5.01. The number of benzene rings is 1. The molecule has 1 atom stereocenters. The van der Waals surface area contributed by atoms with Gasteiger partial charge in [-0.15, -0.1) is 0 Å². The summed E-state index contributed by atoms with van der Waals surface area (Å²) in [5, 5.41) is 1.10. The van der Waals surface area contributed by atoms with Crippen LogP contribution in [-0.4, -0.2) is 5.60 Å². The Kier molecular flexibility index (Phi) is 4.17. The van der Waals surface area contributed by atoms with E-state index < -0.39 is 7.50 Å². The minimum atomic E-state index is -1.02. The molecule has 1 unspecified atom stereocenters. The fraction of sp³-hybridized carbons (Fsp3) is 0.500. The van der Waals surface area contributed by atoms with Gasteiger partial charge in [0.15, 0.2) is 7.50 Å². The van der Waals surface area contributed by atoms with Crippen molar-refractivity contribution in [2.45, 2.75) is 40.2 Å². The zero-order valence-electron chi connectivity index (χ0n) is 9.97. The van der Waals surface area contributed by atoms with Crippen molar-refractivity contribution in [3.63, 3.8) is 0 Å². The Balaban J connectivity index is 2.86. The summed E-state index contributed by atoms with van der Waals surface area (Å²) >= 11 is 6.28. The van der Waals surface area contributed by atoms with Gasteiger partial charge < -0.3 is 4.52 Å². The molecule has 1 aromatic rings. The Bertz CT molecular complexity index is 324. The third kappa shape index (κ3) is 4.51. The lowest BCUT2D eigenvalue weighted by Crippen LogP contribution is -2.17. The third-order valence-corrected chi connectivity index (χ3v) is 3.93. The molecule has 0 saturated carbocycles. The summed E-state index contributed by atoms with van der Waals surface area (Å²) in [5.74, 6) is 0. The van der Waals surface area contributed by atoms with Crippen LogP contribution in [0.4, 0.5) is 0 Å². The quantitative estimate of drug-likeness (QED) is 0.705. The van der Waals surface area contributed by atoms with Gasteiger partial charge in [0.25, 0.3) is 0 Å². The average molecular weight is 245 g/mol. The zero-order valence-corrected chi connectivity index (χ0v) is 11.6. The van der Waals surface area contributed by atoms with Crippen molar-refractivity contribution < 1.29 is 4.52 Å². The van der Waals surface area contributed by atoms with E-state index in [1.54, 1.807) is 0 Å². The zero-order chi connectivity index (χ0) is 11.6. The highest BCUT2D eigenvalue weighted by Gasteiger charge is 2.19. The van der Waals surface area contributed by atoms with Crippen LogP contribution in [0, 0.1) is 13.8 Å². The molecule has 0 heterocycles. The third-order valence-electron chi connectivity index (χ3n) is 1.76.